The molecule has 22 heavy (non-hydrogen) atoms. The number of benzene rings is 1. The molecule has 0 bridgehead atoms. The fraction of sp³-hybridized carbons (Fsp3) is 0.500. The molecule has 1 aliphatic rings. The highest BCUT2D eigenvalue weighted by Gasteiger charge is 2.27. The Bertz CT molecular complexity index is 495. The Balaban J connectivity index is 1.95. The Morgan fingerprint density at radius 3 is 2.27 bits per heavy atom. The van der Waals surface area contributed by atoms with Crippen LogP contribution in [0.3, 0.4) is 0 Å². The first-order valence-corrected chi connectivity index (χ1v) is 7.46. The number of hydrogen-bond acceptors (Lipinski definition) is 4. The number of rotatable bonds is 6. The van der Waals surface area contributed by atoms with Gasteiger partial charge in [-0.2, -0.15) is 0 Å². The molecule has 6 nitrogen and oxygen atoms in total. The van der Waals surface area contributed by atoms with Gasteiger partial charge < -0.3 is 19.3 Å². The summed E-state index contributed by atoms with van der Waals surface area (Å²) in [5.74, 6) is 1.37. The number of ether oxygens (including phenoxy) is 2. The number of amides is 2. The molecule has 0 aromatic heterocycles. The van der Waals surface area contributed by atoms with Gasteiger partial charge in [-0.3, -0.25) is 9.59 Å². The van der Waals surface area contributed by atoms with Crippen LogP contribution in [-0.4, -0.2) is 61.5 Å². The first-order chi connectivity index (χ1) is 10.7. The van der Waals surface area contributed by atoms with E-state index in [9.17, 15) is 9.59 Å². The zero-order valence-electron chi connectivity index (χ0n) is 13.0. The van der Waals surface area contributed by atoms with Gasteiger partial charge in [-0.15, -0.1) is 0 Å². The molecule has 1 aromatic rings. The molecule has 0 unspecified atom stereocenters. The van der Waals surface area contributed by atoms with Crippen LogP contribution in [0.2, 0.25) is 0 Å². The third kappa shape index (κ3) is 3.90. The first-order valence-electron chi connectivity index (χ1n) is 7.46. The minimum Gasteiger partial charge on any atom is -0.497 e. The summed E-state index contributed by atoms with van der Waals surface area (Å²) in [4.78, 5) is 26.7. The summed E-state index contributed by atoms with van der Waals surface area (Å²) in [6, 6.07) is 7.18. The van der Waals surface area contributed by atoms with E-state index in [1.807, 2.05) is 6.92 Å². The van der Waals surface area contributed by atoms with Crippen molar-refractivity contribution in [3.05, 3.63) is 24.3 Å². The molecule has 0 radical (unpaired) electrons. The maximum absolute atomic E-state index is 12.5. The maximum atomic E-state index is 12.5. The lowest BCUT2D eigenvalue weighted by Gasteiger charge is -2.34. The molecular weight excluding hydrogens is 284 g/mol. The number of methoxy groups -OCH3 is 1. The van der Waals surface area contributed by atoms with Gasteiger partial charge in [-0.25, -0.2) is 0 Å². The van der Waals surface area contributed by atoms with Gasteiger partial charge in [0.15, 0.2) is 6.10 Å². The van der Waals surface area contributed by atoms with E-state index < -0.39 is 6.10 Å². The smallest absolute Gasteiger partial charge is 0.263 e. The summed E-state index contributed by atoms with van der Waals surface area (Å²) in [5, 5.41) is 0. The van der Waals surface area contributed by atoms with Crippen LogP contribution in [0.15, 0.2) is 24.3 Å². The number of nitrogens with zero attached hydrogens (tertiary/aromatic N) is 2. The normalized spacial score (nSPS) is 16.1. The average Bonchev–Trinajstić information content (AvgIpc) is 2.59. The van der Waals surface area contributed by atoms with Gasteiger partial charge in [0.05, 0.1) is 7.11 Å². The van der Waals surface area contributed by atoms with Gasteiger partial charge in [0, 0.05) is 26.2 Å². The Kier molecular flexibility index (Phi) is 5.63. The SMILES string of the molecule is CC[C@H](Oc1ccc(OC)cc1)C(=O)N1CCN(C=O)CC1. The number of carbonyl (C=O) groups excluding carboxylic acids is 2. The second-order valence-electron chi connectivity index (χ2n) is 5.16. The van der Waals surface area contributed by atoms with Crippen molar-refractivity contribution in [3.63, 3.8) is 0 Å². The second-order valence-corrected chi connectivity index (χ2v) is 5.16. The van der Waals surface area contributed by atoms with Crippen molar-refractivity contribution in [1.82, 2.24) is 9.80 Å². The van der Waals surface area contributed by atoms with Crippen molar-refractivity contribution < 1.29 is 19.1 Å². The highest BCUT2D eigenvalue weighted by molar-refractivity contribution is 5.81. The van der Waals surface area contributed by atoms with Crippen molar-refractivity contribution >= 4 is 12.3 Å². The maximum Gasteiger partial charge on any atom is 0.263 e. The van der Waals surface area contributed by atoms with Crippen molar-refractivity contribution in [3.8, 4) is 11.5 Å². The highest BCUT2D eigenvalue weighted by atomic mass is 16.5. The zero-order valence-corrected chi connectivity index (χ0v) is 13.0. The minimum absolute atomic E-state index is 0.0242. The third-order valence-corrected chi connectivity index (χ3v) is 3.76. The molecule has 0 spiro atoms. The predicted molar refractivity (Wildman–Crippen MR) is 81.9 cm³/mol. The zero-order chi connectivity index (χ0) is 15.9. The molecule has 6 heteroatoms. The molecule has 2 amide bonds. The van der Waals surface area contributed by atoms with Crippen LogP contribution in [0.5, 0.6) is 11.5 Å². The van der Waals surface area contributed by atoms with Crippen LogP contribution in [0.4, 0.5) is 0 Å². The molecule has 1 aromatic carbocycles. The molecule has 2 rings (SSSR count). The second kappa shape index (κ2) is 7.68. The van der Waals surface area contributed by atoms with Gasteiger partial charge in [0.25, 0.3) is 5.91 Å². The fourth-order valence-corrected chi connectivity index (χ4v) is 2.38. The Morgan fingerprint density at radius 2 is 1.77 bits per heavy atom. The molecule has 1 aliphatic heterocycles. The largest absolute Gasteiger partial charge is 0.497 e. The van der Waals surface area contributed by atoms with Crippen LogP contribution >= 0.6 is 0 Å². The summed E-state index contributed by atoms with van der Waals surface area (Å²) >= 11 is 0. The van der Waals surface area contributed by atoms with Crippen LogP contribution < -0.4 is 9.47 Å². The number of piperazine rings is 1. The molecular formula is C16H22N2O4. The van der Waals surface area contributed by atoms with Gasteiger partial charge in [0.1, 0.15) is 11.5 Å². The summed E-state index contributed by atoms with van der Waals surface area (Å²) in [6.07, 6.45) is 0.919. The highest BCUT2D eigenvalue weighted by Crippen LogP contribution is 2.19. The van der Waals surface area contributed by atoms with Crippen molar-refractivity contribution in [2.75, 3.05) is 33.3 Å². The third-order valence-electron chi connectivity index (χ3n) is 3.76. The lowest BCUT2D eigenvalue weighted by molar-refractivity contribution is -0.142. The molecule has 1 fully saturated rings. The molecule has 0 aliphatic carbocycles. The summed E-state index contributed by atoms with van der Waals surface area (Å²) < 4.78 is 10.9. The van der Waals surface area contributed by atoms with Gasteiger partial charge in [-0.05, 0) is 30.7 Å². The van der Waals surface area contributed by atoms with E-state index in [4.69, 9.17) is 9.47 Å². The first kappa shape index (κ1) is 16.1. The Hall–Kier alpha value is -2.24. The molecule has 0 N–H and O–H groups in total. The van der Waals surface area contributed by atoms with Gasteiger partial charge >= 0.3 is 0 Å². The monoisotopic (exact) mass is 306 g/mol. The lowest BCUT2D eigenvalue weighted by Crippen LogP contribution is -2.51. The number of carbonyl (C=O) groups is 2. The van der Waals surface area contributed by atoms with Crippen molar-refractivity contribution in [1.29, 1.82) is 0 Å². The Labute approximate surface area is 130 Å². The molecule has 0 saturated carbocycles. The van der Waals surface area contributed by atoms with Crippen LogP contribution in [0.1, 0.15) is 13.3 Å². The minimum atomic E-state index is -0.504. The summed E-state index contributed by atoms with van der Waals surface area (Å²) in [5.41, 5.74) is 0. The van der Waals surface area contributed by atoms with Crippen molar-refractivity contribution in [2.45, 2.75) is 19.4 Å². The quantitative estimate of drug-likeness (QED) is 0.740. The topological polar surface area (TPSA) is 59.1 Å². The van der Waals surface area contributed by atoms with Crippen LogP contribution in [0, 0.1) is 0 Å². The van der Waals surface area contributed by atoms with E-state index >= 15 is 0 Å². The standard InChI is InChI=1S/C16H22N2O4/c1-3-15(22-14-6-4-13(21-2)5-7-14)16(20)18-10-8-17(12-19)9-11-18/h4-7,12,15H,3,8-11H2,1-2H3/t15-/m0/s1. The predicted octanol–water partition coefficient (Wildman–Crippen LogP) is 1.15. The van der Waals surface area contributed by atoms with Crippen molar-refractivity contribution in [2.24, 2.45) is 0 Å². The van der Waals surface area contributed by atoms with E-state index in [0.717, 1.165) is 12.2 Å². The van der Waals surface area contributed by atoms with Gasteiger partial charge in [0.2, 0.25) is 6.41 Å². The molecule has 1 heterocycles. The number of hydrogen-bond donors (Lipinski definition) is 0. The van der Waals surface area contributed by atoms with E-state index in [1.165, 1.54) is 0 Å². The van der Waals surface area contributed by atoms with E-state index in [-0.39, 0.29) is 5.91 Å². The van der Waals surface area contributed by atoms with Gasteiger partial charge in [-0.1, -0.05) is 6.92 Å². The fourth-order valence-electron chi connectivity index (χ4n) is 2.38. The van der Waals surface area contributed by atoms with Crippen LogP contribution in [-0.2, 0) is 9.59 Å². The van der Waals surface area contributed by atoms with E-state index in [1.54, 1.807) is 41.2 Å². The lowest BCUT2D eigenvalue weighted by atomic mass is 10.2. The van der Waals surface area contributed by atoms with E-state index in [2.05, 4.69) is 0 Å². The Morgan fingerprint density at radius 1 is 1.18 bits per heavy atom. The molecule has 1 atom stereocenters. The summed E-state index contributed by atoms with van der Waals surface area (Å²) in [6.45, 7) is 4.19. The molecule has 1 saturated heterocycles. The van der Waals surface area contributed by atoms with Crippen LogP contribution in [0.25, 0.3) is 0 Å². The van der Waals surface area contributed by atoms with E-state index in [0.29, 0.717) is 38.3 Å². The average molecular weight is 306 g/mol. The molecule has 120 valence electrons. The summed E-state index contributed by atoms with van der Waals surface area (Å²) in [7, 11) is 1.60.